The molecule has 0 aliphatic heterocycles. The summed E-state index contributed by atoms with van der Waals surface area (Å²) < 4.78 is 24.9. The Balaban J connectivity index is 3.33. The van der Waals surface area contributed by atoms with Crippen LogP contribution in [0.3, 0.4) is 0 Å². The average Bonchev–Trinajstić information content (AvgIpc) is 2.27. The van der Waals surface area contributed by atoms with Crippen molar-refractivity contribution in [2.24, 2.45) is 5.18 Å². The molecule has 1 rings (SSSR count). The Hall–Kier alpha value is -1.27. The molecule has 6 heteroatoms. The molecule has 0 saturated heterocycles. The standard InChI is InChI=1S/C9H12N2O3S/c1-3-11(2)15(13,14)9-7-5-4-6-8(9)10-12/h4-7H,3H2,1-2H3. The van der Waals surface area contributed by atoms with E-state index >= 15 is 0 Å². The Bertz CT molecular complexity index is 456. The molecule has 82 valence electrons. The maximum atomic E-state index is 11.9. The normalized spacial score (nSPS) is 11.7. The van der Waals surface area contributed by atoms with Gasteiger partial charge in [0.25, 0.3) is 0 Å². The van der Waals surface area contributed by atoms with Gasteiger partial charge >= 0.3 is 0 Å². The zero-order valence-corrected chi connectivity index (χ0v) is 9.36. The van der Waals surface area contributed by atoms with E-state index in [2.05, 4.69) is 5.18 Å². The highest BCUT2D eigenvalue weighted by atomic mass is 32.2. The van der Waals surface area contributed by atoms with E-state index in [1.165, 1.54) is 19.2 Å². The molecule has 0 aliphatic rings. The number of sulfonamides is 1. The van der Waals surface area contributed by atoms with Gasteiger partial charge in [0, 0.05) is 13.6 Å². The number of hydrogen-bond donors (Lipinski definition) is 0. The fourth-order valence-electron chi connectivity index (χ4n) is 1.09. The first-order valence-electron chi connectivity index (χ1n) is 4.42. The summed E-state index contributed by atoms with van der Waals surface area (Å²) in [4.78, 5) is 10.4. The summed E-state index contributed by atoms with van der Waals surface area (Å²) in [5.74, 6) is 0. The first-order chi connectivity index (χ1) is 7.04. The van der Waals surface area contributed by atoms with E-state index in [9.17, 15) is 13.3 Å². The molecular formula is C9H12N2O3S. The van der Waals surface area contributed by atoms with Gasteiger partial charge in [0.05, 0.1) is 0 Å². The van der Waals surface area contributed by atoms with Gasteiger partial charge < -0.3 is 0 Å². The molecule has 0 heterocycles. The van der Waals surface area contributed by atoms with E-state index in [0.29, 0.717) is 6.54 Å². The molecule has 0 N–H and O–H groups in total. The van der Waals surface area contributed by atoms with Gasteiger partial charge in [-0.05, 0) is 17.3 Å². The minimum atomic E-state index is -3.59. The van der Waals surface area contributed by atoms with Gasteiger partial charge in [0.15, 0.2) is 0 Å². The Morgan fingerprint density at radius 3 is 2.47 bits per heavy atom. The second-order valence-electron chi connectivity index (χ2n) is 2.98. The lowest BCUT2D eigenvalue weighted by Crippen LogP contribution is -2.26. The van der Waals surface area contributed by atoms with Crippen LogP contribution in [0.5, 0.6) is 0 Å². The summed E-state index contributed by atoms with van der Waals surface area (Å²) in [6, 6.07) is 5.88. The van der Waals surface area contributed by atoms with Crippen LogP contribution in [-0.2, 0) is 10.0 Å². The molecule has 0 unspecified atom stereocenters. The summed E-state index contributed by atoms with van der Waals surface area (Å²) in [6.07, 6.45) is 0. The predicted molar refractivity (Wildman–Crippen MR) is 57.4 cm³/mol. The lowest BCUT2D eigenvalue weighted by atomic mass is 10.3. The molecule has 0 radical (unpaired) electrons. The quantitative estimate of drug-likeness (QED) is 0.737. The Kier molecular flexibility index (Phi) is 3.54. The fraction of sp³-hybridized carbons (Fsp3) is 0.333. The van der Waals surface area contributed by atoms with Crippen LogP contribution in [-0.4, -0.2) is 26.3 Å². The maximum absolute atomic E-state index is 11.9. The van der Waals surface area contributed by atoms with Crippen LogP contribution in [0.25, 0.3) is 0 Å². The van der Waals surface area contributed by atoms with Crippen molar-refractivity contribution >= 4 is 15.7 Å². The van der Waals surface area contributed by atoms with Gasteiger partial charge in [0.1, 0.15) is 10.6 Å². The van der Waals surface area contributed by atoms with Crippen LogP contribution in [0.2, 0.25) is 0 Å². The van der Waals surface area contributed by atoms with Crippen LogP contribution < -0.4 is 0 Å². The maximum Gasteiger partial charge on any atom is 0.245 e. The van der Waals surface area contributed by atoms with Crippen molar-refractivity contribution < 1.29 is 8.42 Å². The van der Waals surface area contributed by atoms with Gasteiger partial charge in [-0.15, -0.1) is 4.91 Å². The van der Waals surface area contributed by atoms with Crippen molar-refractivity contribution in [3.63, 3.8) is 0 Å². The smallest absolute Gasteiger partial charge is 0.207 e. The van der Waals surface area contributed by atoms with Gasteiger partial charge in [0.2, 0.25) is 10.0 Å². The van der Waals surface area contributed by atoms with E-state index < -0.39 is 10.0 Å². The number of nitrogens with zero attached hydrogens (tertiary/aromatic N) is 2. The molecule has 0 amide bonds. The summed E-state index contributed by atoms with van der Waals surface area (Å²) in [7, 11) is -2.14. The third kappa shape index (κ3) is 2.21. The second-order valence-corrected chi connectivity index (χ2v) is 4.99. The largest absolute Gasteiger partial charge is 0.245 e. The van der Waals surface area contributed by atoms with Crippen molar-refractivity contribution in [2.45, 2.75) is 11.8 Å². The van der Waals surface area contributed by atoms with Crippen molar-refractivity contribution in [1.29, 1.82) is 0 Å². The first-order valence-corrected chi connectivity index (χ1v) is 5.86. The van der Waals surface area contributed by atoms with Crippen LogP contribution in [0.4, 0.5) is 5.69 Å². The van der Waals surface area contributed by atoms with Crippen LogP contribution >= 0.6 is 0 Å². The minimum absolute atomic E-state index is 0.0515. The zero-order valence-electron chi connectivity index (χ0n) is 8.54. The molecule has 0 aromatic heterocycles. The number of nitroso groups, excluding NO2 is 1. The number of benzene rings is 1. The van der Waals surface area contributed by atoms with E-state index in [1.807, 2.05) is 0 Å². The molecule has 1 aromatic carbocycles. The molecule has 0 spiro atoms. The lowest BCUT2D eigenvalue weighted by molar-refractivity contribution is 0.486. The molecule has 15 heavy (non-hydrogen) atoms. The van der Waals surface area contributed by atoms with Gasteiger partial charge in [-0.1, -0.05) is 19.1 Å². The summed E-state index contributed by atoms with van der Waals surface area (Å²) in [5.41, 5.74) is -0.0576. The molecule has 0 aliphatic carbocycles. The van der Waals surface area contributed by atoms with Crippen LogP contribution in [0.1, 0.15) is 6.92 Å². The predicted octanol–water partition coefficient (Wildman–Crippen LogP) is 1.72. The van der Waals surface area contributed by atoms with Gasteiger partial charge in [-0.2, -0.15) is 0 Å². The van der Waals surface area contributed by atoms with Crippen molar-refractivity contribution in [3.05, 3.63) is 29.2 Å². The Labute approximate surface area is 88.7 Å². The summed E-state index contributed by atoms with van der Waals surface area (Å²) >= 11 is 0. The van der Waals surface area contributed by atoms with Crippen molar-refractivity contribution in [2.75, 3.05) is 13.6 Å². The SMILES string of the molecule is CCN(C)S(=O)(=O)c1ccccc1N=O. The molecule has 5 nitrogen and oxygen atoms in total. The van der Waals surface area contributed by atoms with E-state index in [-0.39, 0.29) is 10.6 Å². The number of hydrogen-bond acceptors (Lipinski definition) is 4. The third-order valence-corrected chi connectivity index (χ3v) is 4.08. The van der Waals surface area contributed by atoms with E-state index in [0.717, 1.165) is 4.31 Å². The fourth-order valence-corrected chi connectivity index (χ4v) is 2.38. The average molecular weight is 228 g/mol. The highest BCUT2D eigenvalue weighted by Crippen LogP contribution is 2.25. The molecular weight excluding hydrogens is 216 g/mol. The highest BCUT2D eigenvalue weighted by Gasteiger charge is 2.22. The Morgan fingerprint density at radius 2 is 1.93 bits per heavy atom. The van der Waals surface area contributed by atoms with Crippen LogP contribution in [0, 0.1) is 4.91 Å². The van der Waals surface area contributed by atoms with E-state index in [1.54, 1.807) is 19.1 Å². The molecule has 0 atom stereocenters. The van der Waals surface area contributed by atoms with Crippen molar-refractivity contribution in [1.82, 2.24) is 4.31 Å². The topological polar surface area (TPSA) is 66.8 Å². The summed E-state index contributed by atoms with van der Waals surface area (Å²) in [6.45, 7) is 2.06. The Morgan fingerprint density at radius 1 is 1.33 bits per heavy atom. The van der Waals surface area contributed by atoms with Crippen LogP contribution in [0.15, 0.2) is 34.3 Å². The van der Waals surface area contributed by atoms with Crippen molar-refractivity contribution in [3.8, 4) is 0 Å². The van der Waals surface area contributed by atoms with Gasteiger partial charge in [-0.25, -0.2) is 12.7 Å². The molecule has 0 fully saturated rings. The lowest BCUT2D eigenvalue weighted by Gasteiger charge is -2.15. The van der Waals surface area contributed by atoms with Gasteiger partial charge in [-0.3, -0.25) is 0 Å². The second kappa shape index (κ2) is 4.50. The first kappa shape index (κ1) is 11.8. The zero-order chi connectivity index (χ0) is 11.5. The van der Waals surface area contributed by atoms with E-state index in [4.69, 9.17) is 0 Å². The third-order valence-electron chi connectivity index (χ3n) is 2.10. The monoisotopic (exact) mass is 228 g/mol. The highest BCUT2D eigenvalue weighted by molar-refractivity contribution is 7.89. The molecule has 0 bridgehead atoms. The molecule has 1 aromatic rings. The molecule has 0 saturated carbocycles. The number of rotatable bonds is 4. The minimum Gasteiger partial charge on any atom is -0.207 e. The summed E-state index contributed by atoms with van der Waals surface area (Å²) in [5, 5.41) is 2.70.